The van der Waals surface area contributed by atoms with Crippen LogP contribution in [0.1, 0.15) is 40.2 Å². The highest BCUT2D eigenvalue weighted by molar-refractivity contribution is 6.05. The molecule has 2 amide bonds. The molecule has 1 aromatic heterocycles. The van der Waals surface area contributed by atoms with E-state index in [0.29, 0.717) is 12.1 Å². The van der Waals surface area contributed by atoms with E-state index in [1.54, 1.807) is 0 Å². The van der Waals surface area contributed by atoms with Crippen LogP contribution in [0.4, 0.5) is 5.69 Å². The first kappa shape index (κ1) is 20.9. The Balaban J connectivity index is 1.57. The number of nitrogens with zero attached hydrogens (tertiary/aromatic N) is 2. The largest absolute Gasteiger partial charge is 0.368 e. The zero-order valence-corrected chi connectivity index (χ0v) is 18.0. The number of carbonyl (C=O) groups is 2. The molecule has 3 N–H and O–H groups in total. The van der Waals surface area contributed by atoms with Gasteiger partial charge in [-0.25, -0.2) is 0 Å². The second-order valence-corrected chi connectivity index (χ2v) is 8.10. The smallest absolute Gasteiger partial charge is 0.257 e. The molecule has 0 radical (unpaired) electrons. The third-order valence-electron chi connectivity index (χ3n) is 6.02. The van der Waals surface area contributed by atoms with Crippen molar-refractivity contribution >= 4 is 17.5 Å². The van der Waals surface area contributed by atoms with Crippen LogP contribution >= 0.6 is 0 Å². The molecule has 1 fully saturated rings. The predicted octanol–water partition coefficient (Wildman–Crippen LogP) is 3.80. The van der Waals surface area contributed by atoms with Gasteiger partial charge in [-0.1, -0.05) is 36.4 Å². The highest BCUT2D eigenvalue weighted by Gasteiger charge is 2.29. The molecule has 160 valence electrons. The summed E-state index contributed by atoms with van der Waals surface area (Å²) in [5.41, 5.74) is 10.9. The number of nitrogens with two attached hydrogens (primary N) is 1. The Kier molecular flexibility index (Phi) is 5.91. The lowest BCUT2D eigenvalue weighted by Crippen LogP contribution is -2.39. The van der Waals surface area contributed by atoms with E-state index in [1.165, 1.54) is 0 Å². The van der Waals surface area contributed by atoms with Crippen molar-refractivity contribution < 1.29 is 9.59 Å². The molecular formula is C25H28N4O2. The van der Waals surface area contributed by atoms with Crippen LogP contribution in [-0.4, -0.2) is 33.9 Å². The summed E-state index contributed by atoms with van der Waals surface area (Å²) in [4.78, 5) is 27.0. The highest BCUT2D eigenvalue weighted by atomic mass is 16.2. The van der Waals surface area contributed by atoms with Crippen LogP contribution in [0.5, 0.6) is 0 Å². The van der Waals surface area contributed by atoms with Crippen LogP contribution < -0.4 is 11.1 Å². The normalized spacial score (nSPS) is 16.4. The Morgan fingerprint density at radius 2 is 1.77 bits per heavy atom. The molecule has 0 bridgehead atoms. The van der Waals surface area contributed by atoms with Crippen molar-refractivity contribution in [1.29, 1.82) is 0 Å². The minimum atomic E-state index is -0.285. The van der Waals surface area contributed by atoms with Gasteiger partial charge in [0.25, 0.3) is 5.91 Å². The van der Waals surface area contributed by atoms with E-state index in [0.717, 1.165) is 47.7 Å². The van der Waals surface area contributed by atoms with Gasteiger partial charge in [0.05, 0.1) is 11.6 Å². The average molecular weight is 417 g/mol. The highest BCUT2D eigenvalue weighted by Crippen LogP contribution is 2.26. The van der Waals surface area contributed by atoms with E-state index in [2.05, 4.69) is 14.8 Å². The summed E-state index contributed by atoms with van der Waals surface area (Å²) in [6.07, 6.45) is 1.74. The molecule has 1 saturated heterocycles. The Morgan fingerprint density at radius 3 is 2.52 bits per heavy atom. The van der Waals surface area contributed by atoms with Crippen molar-refractivity contribution in [3.05, 3.63) is 83.2 Å². The van der Waals surface area contributed by atoms with E-state index in [9.17, 15) is 9.59 Å². The number of hydrogen-bond acceptors (Lipinski definition) is 3. The molecule has 2 aromatic carbocycles. The molecule has 1 atom stereocenters. The topological polar surface area (TPSA) is 80.4 Å². The van der Waals surface area contributed by atoms with E-state index >= 15 is 0 Å². The molecular weight excluding hydrogens is 388 g/mol. The van der Waals surface area contributed by atoms with Gasteiger partial charge in [-0.05, 0) is 63.1 Å². The monoisotopic (exact) mass is 416 g/mol. The van der Waals surface area contributed by atoms with Crippen molar-refractivity contribution in [1.82, 2.24) is 9.47 Å². The lowest BCUT2D eigenvalue weighted by Gasteiger charge is -2.23. The van der Waals surface area contributed by atoms with Crippen molar-refractivity contribution in [3.8, 4) is 5.69 Å². The van der Waals surface area contributed by atoms with Gasteiger partial charge in [0.1, 0.15) is 0 Å². The van der Waals surface area contributed by atoms with E-state index in [-0.39, 0.29) is 17.9 Å². The lowest BCUT2D eigenvalue weighted by atomic mass is 10.1. The van der Waals surface area contributed by atoms with Gasteiger partial charge in [0.2, 0.25) is 5.91 Å². The van der Waals surface area contributed by atoms with Gasteiger partial charge in [0, 0.05) is 29.3 Å². The third kappa shape index (κ3) is 4.25. The number of para-hydroxylation sites is 2. The number of hydrogen-bond donors (Lipinski definition) is 2. The molecule has 4 rings (SSSR count). The number of rotatable bonds is 6. The maximum atomic E-state index is 13.2. The van der Waals surface area contributed by atoms with Crippen molar-refractivity contribution in [3.63, 3.8) is 0 Å². The van der Waals surface area contributed by atoms with Crippen molar-refractivity contribution in [2.24, 2.45) is 5.73 Å². The van der Waals surface area contributed by atoms with Gasteiger partial charge in [-0.15, -0.1) is 0 Å². The number of nitrogens with one attached hydrogen (secondary N) is 1. The van der Waals surface area contributed by atoms with Crippen LogP contribution in [0.25, 0.3) is 5.69 Å². The first-order valence-corrected chi connectivity index (χ1v) is 10.6. The summed E-state index contributed by atoms with van der Waals surface area (Å²) < 4.78 is 2.09. The Labute approximate surface area is 182 Å². The molecule has 1 aliphatic rings. The number of primary amides is 1. The van der Waals surface area contributed by atoms with Gasteiger partial charge < -0.3 is 15.6 Å². The van der Waals surface area contributed by atoms with Crippen LogP contribution in [0.2, 0.25) is 0 Å². The number of carbonyl (C=O) groups excluding carboxylic acids is 2. The first-order valence-electron chi connectivity index (χ1n) is 10.6. The second kappa shape index (κ2) is 8.78. The molecule has 6 nitrogen and oxygen atoms in total. The number of likely N-dealkylation sites (tertiary alicyclic amines) is 1. The van der Waals surface area contributed by atoms with Crippen LogP contribution in [0, 0.1) is 13.8 Å². The molecule has 3 aromatic rings. The maximum Gasteiger partial charge on any atom is 0.257 e. The van der Waals surface area contributed by atoms with Gasteiger partial charge in [0.15, 0.2) is 0 Å². The van der Waals surface area contributed by atoms with Gasteiger partial charge in [-0.3, -0.25) is 14.5 Å². The fraction of sp³-hybridized carbons (Fsp3) is 0.280. The molecule has 1 unspecified atom stereocenters. The SMILES string of the molecule is Cc1cc(C(=O)Nc2ccccc2CN2CCCC2C(N)=O)c(C)n1-c1ccccc1. The molecule has 6 heteroatoms. The molecule has 0 aliphatic carbocycles. The lowest BCUT2D eigenvalue weighted by molar-refractivity contribution is -0.122. The van der Waals surface area contributed by atoms with Crippen molar-refractivity contribution in [2.45, 2.75) is 39.3 Å². The standard InChI is InChI=1S/C25H28N4O2/c1-17-15-21(18(2)29(17)20-10-4-3-5-11-20)25(31)27-22-12-7-6-9-19(22)16-28-14-8-13-23(28)24(26)30/h3-7,9-12,15,23H,8,13-14,16H2,1-2H3,(H2,26,30)(H,27,31). The summed E-state index contributed by atoms with van der Waals surface area (Å²) in [5, 5.41) is 3.08. The minimum absolute atomic E-state index is 0.143. The molecule has 0 saturated carbocycles. The van der Waals surface area contributed by atoms with Crippen LogP contribution in [0.15, 0.2) is 60.7 Å². The van der Waals surface area contributed by atoms with Crippen molar-refractivity contribution in [2.75, 3.05) is 11.9 Å². The quantitative estimate of drug-likeness (QED) is 0.641. The molecule has 31 heavy (non-hydrogen) atoms. The number of aromatic nitrogens is 1. The summed E-state index contributed by atoms with van der Waals surface area (Å²) in [7, 11) is 0. The summed E-state index contributed by atoms with van der Waals surface area (Å²) in [6, 6.07) is 19.4. The predicted molar refractivity (Wildman–Crippen MR) is 122 cm³/mol. The zero-order valence-electron chi connectivity index (χ0n) is 18.0. The Bertz CT molecular complexity index is 1100. The maximum absolute atomic E-state index is 13.2. The summed E-state index contributed by atoms with van der Waals surface area (Å²) in [6.45, 7) is 5.37. The van der Waals surface area contributed by atoms with Crippen LogP contribution in [-0.2, 0) is 11.3 Å². The zero-order chi connectivity index (χ0) is 22.0. The molecule has 2 heterocycles. The summed E-state index contributed by atoms with van der Waals surface area (Å²) >= 11 is 0. The fourth-order valence-corrected chi connectivity index (χ4v) is 4.49. The molecule has 0 spiro atoms. The van der Waals surface area contributed by atoms with Crippen LogP contribution in [0.3, 0.4) is 0 Å². The first-order chi connectivity index (χ1) is 15.0. The van der Waals surface area contributed by atoms with E-state index in [4.69, 9.17) is 5.73 Å². The van der Waals surface area contributed by atoms with E-state index in [1.807, 2.05) is 74.5 Å². The number of anilines is 1. The minimum Gasteiger partial charge on any atom is -0.368 e. The number of benzene rings is 2. The number of amides is 2. The molecule has 1 aliphatic heterocycles. The second-order valence-electron chi connectivity index (χ2n) is 8.10. The van der Waals surface area contributed by atoms with E-state index < -0.39 is 0 Å². The number of aryl methyl sites for hydroxylation is 1. The van der Waals surface area contributed by atoms with Gasteiger partial charge >= 0.3 is 0 Å². The fourth-order valence-electron chi connectivity index (χ4n) is 4.49. The van der Waals surface area contributed by atoms with Gasteiger partial charge in [-0.2, -0.15) is 0 Å². The third-order valence-corrected chi connectivity index (χ3v) is 6.02. The Hall–Kier alpha value is -3.38. The average Bonchev–Trinajstić information content (AvgIpc) is 3.34. The Morgan fingerprint density at radius 1 is 1.06 bits per heavy atom. The summed E-state index contributed by atoms with van der Waals surface area (Å²) in [5.74, 6) is -0.428.